The van der Waals surface area contributed by atoms with Crippen LogP contribution in [0.3, 0.4) is 0 Å². The molecule has 3 rings (SSSR count). The molecule has 2 aromatic rings. The van der Waals surface area contributed by atoms with E-state index in [-0.39, 0.29) is 18.0 Å². The average Bonchev–Trinajstić information content (AvgIpc) is 3.03. The number of nitrogens with one attached hydrogen (secondary N) is 1. The predicted molar refractivity (Wildman–Crippen MR) is 84.8 cm³/mol. The first-order chi connectivity index (χ1) is 11.6. The summed E-state index contributed by atoms with van der Waals surface area (Å²) in [5.41, 5.74) is 0.982. The van der Waals surface area contributed by atoms with Gasteiger partial charge in [0.2, 0.25) is 0 Å². The van der Waals surface area contributed by atoms with Gasteiger partial charge in [-0.05, 0) is 24.1 Å². The van der Waals surface area contributed by atoms with E-state index >= 15 is 0 Å². The van der Waals surface area contributed by atoms with Gasteiger partial charge in [-0.15, -0.1) is 10.2 Å². The van der Waals surface area contributed by atoms with Crippen molar-refractivity contribution in [3.05, 3.63) is 47.8 Å². The summed E-state index contributed by atoms with van der Waals surface area (Å²) in [6.45, 7) is 1.94. The quantitative estimate of drug-likeness (QED) is 0.915. The first kappa shape index (κ1) is 16.4. The highest BCUT2D eigenvalue weighted by atomic mass is 19.1. The molecule has 0 saturated carbocycles. The first-order valence-corrected chi connectivity index (χ1v) is 7.86. The van der Waals surface area contributed by atoms with Crippen molar-refractivity contribution >= 4 is 6.03 Å². The predicted octanol–water partition coefficient (Wildman–Crippen LogP) is 1.28. The molecule has 0 spiro atoms. The van der Waals surface area contributed by atoms with Crippen molar-refractivity contribution in [1.29, 1.82) is 0 Å². The maximum absolute atomic E-state index is 12.9. The number of morpholine rings is 1. The van der Waals surface area contributed by atoms with Gasteiger partial charge in [0.1, 0.15) is 18.2 Å². The van der Waals surface area contributed by atoms with Crippen LogP contribution in [-0.4, -0.2) is 51.9 Å². The number of hydrogen-bond acceptors (Lipinski definition) is 4. The minimum absolute atomic E-state index is 0.132. The molecule has 1 fully saturated rings. The summed E-state index contributed by atoms with van der Waals surface area (Å²) in [4.78, 5) is 14.0. The second-order valence-corrected chi connectivity index (χ2v) is 5.71. The number of ether oxygens (including phenoxy) is 1. The van der Waals surface area contributed by atoms with Crippen LogP contribution in [0, 0.1) is 5.82 Å². The molecule has 0 bridgehead atoms. The van der Waals surface area contributed by atoms with E-state index in [2.05, 4.69) is 15.5 Å². The Hall–Kier alpha value is -2.48. The molecular formula is C16H20FN5O2. The van der Waals surface area contributed by atoms with Crippen molar-refractivity contribution in [2.45, 2.75) is 12.5 Å². The standard InChI is InChI=1S/C16H20FN5O2/c1-21-11-19-20-15(21)14-10-22(8-9-24-14)16(23)18-7-6-12-2-4-13(17)5-3-12/h2-5,11,14H,6-10H2,1H3,(H,18,23)/t14-/m0/s1. The fraction of sp³-hybridized carbons (Fsp3) is 0.438. The van der Waals surface area contributed by atoms with E-state index in [1.807, 2.05) is 7.05 Å². The molecule has 1 aromatic carbocycles. The smallest absolute Gasteiger partial charge is 0.317 e. The van der Waals surface area contributed by atoms with Gasteiger partial charge in [0.15, 0.2) is 5.82 Å². The van der Waals surface area contributed by atoms with Gasteiger partial charge in [-0.2, -0.15) is 0 Å². The summed E-state index contributed by atoms with van der Waals surface area (Å²) in [5.74, 6) is 0.449. The number of hydrogen-bond donors (Lipinski definition) is 1. The fourth-order valence-corrected chi connectivity index (χ4v) is 2.65. The summed E-state index contributed by atoms with van der Waals surface area (Å²) in [7, 11) is 1.85. The molecular weight excluding hydrogens is 313 g/mol. The van der Waals surface area contributed by atoms with Crippen LogP contribution in [0.1, 0.15) is 17.5 Å². The Bertz CT molecular complexity index is 688. The SMILES string of the molecule is Cn1cnnc1[C@@H]1CN(C(=O)NCCc2ccc(F)cc2)CCO1. The van der Waals surface area contributed by atoms with Crippen LogP contribution >= 0.6 is 0 Å². The Morgan fingerprint density at radius 2 is 2.21 bits per heavy atom. The van der Waals surface area contributed by atoms with Crippen LogP contribution in [0.25, 0.3) is 0 Å². The van der Waals surface area contributed by atoms with Crippen molar-refractivity contribution in [1.82, 2.24) is 25.0 Å². The molecule has 0 radical (unpaired) electrons. The van der Waals surface area contributed by atoms with E-state index in [1.54, 1.807) is 27.9 Å². The van der Waals surface area contributed by atoms with Gasteiger partial charge in [0, 0.05) is 20.1 Å². The minimum atomic E-state index is -0.269. The van der Waals surface area contributed by atoms with Crippen molar-refractivity contribution in [3.63, 3.8) is 0 Å². The summed E-state index contributed by atoms with van der Waals surface area (Å²) < 4.78 is 20.3. The second kappa shape index (κ2) is 7.39. The maximum atomic E-state index is 12.9. The van der Waals surface area contributed by atoms with Crippen LogP contribution in [-0.2, 0) is 18.2 Å². The number of nitrogens with zero attached hydrogens (tertiary/aromatic N) is 4. The number of rotatable bonds is 4. The molecule has 1 aliphatic rings. The zero-order chi connectivity index (χ0) is 16.9. The summed E-state index contributed by atoms with van der Waals surface area (Å²) >= 11 is 0. The van der Waals surface area contributed by atoms with E-state index < -0.39 is 0 Å². The second-order valence-electron chi connectivity index (χ2n) is 5.71. The van der Waals surface area contributed by atoms with Gasteiger partial charge < -0.3 is 19.5 Å². The van der Waals surface area contributed by atoms with Crippen molar-refractivity contribution in [3.8, 4) is 0 Å². The Kier molecular flexibility index (Phi) is 5.05. The zero-order valence-electron chi connectivity index (χ0n) is 13.5. The molecule has 2 heterocycles. The van der Waals surface area contributed by atoms with Crippen molar-refractivity contribution < 1.29 is 13.9 Å². The number of amides is 2. The monoisotopic (exact) mass is 333 g/mol. The van der Waals surface area contributed by atoms with Gasteiger partial charge >= 0.3 is 6.03 Å². The van der Waals surface area contributed by atoms with Gasteiger partial charge in [-0.1, -0.05) is 12.1 Å². The van der Waals surface area contributed by atoms with Crippen LogP contribution in [0.5, 0.6) is 0 Å². The largest absolute Gasteiger partial charge is 0.366 e. The molecule has 0 aliphatic carbocycles. The third kappa shape index (κ3) is 3.88. The topological polar surface area (TPSA) is 72.3 Å². The molecule has 24 heavy (non-hydrogen) atoms. The highest BCUT2D eigenvalue weighted by molar-refractivity contribution is 5.74. The fourth-order valence-electron chi connectivity index (χ4n) is 2.65. The molecule has 1 aliphatic heterocycles. The molecule has 0 unspecified atom stereocenters. The highest BCUT2D eigenvalue weighted by Gasteiger charge is 2.28. The number of halogens is 1. The third-order valence-corrected chi connectivity index (χ3v) is 3.99. The maximum Gasteiger partial charge on any atom is 0.317 e. The van der Waals surface area contributed by atoms with Gasteiger partial charge in [-0.25, -0.2) is 9.18 Å². The summed E-state index contributed by atoms with van der Waals surface area (Å²) in [5, 5.41) is 10.8. The number of urea groups is 1. The molecule has 7 nitrogen and oxygen atoms in total. The van der Waals surface area contributed by atoms with Crippen molar-refractivity contribution in [2.24, 2.45) is 7.05 Å². The number of carbonyl (C=O) groups is 1. The van der Waals surface area contributed by atoms with Crippen LogP contribution in [0.4, 0.5) is 9.18 Å². The Morgan fingerprint density at radius 3 is 2.92 bits per heavy atom. The minimum Gasteiger partial charge on any atom is -0.366 e. The zero-order valence-corrected chi connectivity index (χ0v) is 13.5. The molecule has 8 heteroatoms. The van der Waals surface area contributed by atoms with E-state index in [0.717, 1.165) is 5.56 Å². The molecule has 1 aromatic heterocycles. The van der Waals surface area contributed by atoms with E-state index in [4.69, 9.17) is 4.74 Å². The Balaban J connectivity index is 1.49. The number of aromatic nitrogens is 3. The lowest BCUT2D eigenvalue weighted by Gasteiger charge is -2.32. The van der Waals surface area contributed by atoms with Crippen LogP contribution in [0.2, 0.25) is 0 Å². The van der Waals surface area contributed by atoms with E-state index in [1.165, 1.54) is 12.1 Å². The van der Waals surface area contributed by atoms with Crippen LogP contribution < -0.4 is 5.32 Å². The lowest BCUT2D eigenvalue weighted by Crippen LogP contribution is -2.47. The molecule has 1 saturated heterocycles. The normalized spacial score (nSPS) is 17.8. The van der Waals surface area contributed by atoms with Gasteiger partial charge in [-0.3, -0.25) is 0 Å². The number of carbonyl (C=O) groups excluding carboxylic acids is 1. The Morgan fingerprint density at radius 1 is 1.42 bits per heavy atom. The molecule has 1 N–H and O–H groups in total. The lowest BCUT2D eigenvalue weighted by atomic mass is 10.1. The Labute approximate surface area is 139 Å². The van der Waals surface area contributed by atoms with Gasteiger partial charge in [0.25, 0.3) is 0 Å². The first-order valence-electron chi connectivity index (χ1n) is 7.86. The molecule has 2 amide bonds. The summed E-state index contributed by atoms with van der Waals surface area (Å²) in [6, 6.07) is 6.16. The number of benzene rings is 1. The average molecular weight is 333 g/mol. The number of aryl methyl sites for hydroxylation is 1. The van der Waals surface area contributed by atoms with E-state index in [0.29, 0.717) is 38.5 Å². The van der Waals surface area contributed by atoms with E-state index in [9.17, 15) is 9.18 Å². The van der Waals surface area contributed by atoms with Crippen LogP contribution in [0.15, 0.2) is 30.6 Å². The molecule has 128 valence electrons. The summed E-state index contributed by atoms with van der Waals surface area (Å²) in [6.07, 6.45) is 2.00. The third-order valence-electron chi connectivity index (χ3n) is 3.99. The van der Waals surface area contributed by atoms with Gasteiger partial charge in [0.05, 0.1) is 13.2 Å². The lowest BCUT2D eigenvalue weighted by molar-refractivity contribution is -0.0214. The van der Waals surface area contributed by atoms with Crippen molar-refractivity contribution in [2.75, 3.05) is 26.2 Å². The highest BCUT2D eigenvalue weighted by Crippen LogP contribution is 2.19. The molecule has 1 atom stereocenters.